The van der Waals surface area contributed by atoms with Gasteiger partial charge in [-0.15, -0.1) is 10.2 Å². The number of rotatable bonds is 8. The molecule has 184 valence electrons. The third-order valence-electron chi connectivity index (χ3n) is 6.58. The number of hydrogen-bond acceptors (Lipinski definition) is 7. The summed E-state index contributed by atoms with van der Waals surface area (Å²) in [7, 11) is 0. The number of fused-ring (bicyclic) bond motifs is 1. The predicted molar refractivity (Wildman–Crippen MR) is 129 cm³/mol. The molecule has 1 amide bonds. The Morgan fingerprint density at radius 2 is 1.94 bits per heavy atom. The van der Waals surface area contributed by atoms with E-state index in [4.69, 9.17) is 4.74 Å². The fourth-order valence-electron chi connectivity index (χ4n) is 4.68. The molecule has 1 fully saturated rings. The van der Waals surface area contributed by atoms with Crippen LogP contribution in [0.1, 0.15) is 60.2 Å². The Hall–Kier alpha value is -3.11. The van der Waals surface area contributed by atoms with E-state index in [-0.39, 0.29) is 41.2 Å². The molecule has 2 atom stereocenters. The van der Waals surface area contributed by atoms with Gasteiger partial charge in [-0.25, -0.2) is 4.39 Å². The summed E-state index contributed by atoms with van der Waals surface area (Å²) < 4.78 is 20.9. The van der Waals surface area contributed by atoms with Gasteiger partial charge in [0.1, 0.15) is 10.8 Å². The molecule has 0 unspecified atom stereocenters. The minimum Gasteiger partial charge on any atom is -0.503 e. The first kappa shape index (κ1) is 23.6. The van der Waals surface area contributed by atoms with Crippen LogP contribution in [0.3, 0.4) is 0 Å². The number of amides is 1. The Kier molecular flexibility index (Phi) is 6.41. The molecule has 8 nitrogen and oxygen atoms in total. The van der Waals surface area contributed by atoms with Gasteiger partial charge in [-0.1, -0.05) is 30.4 Å². The Morgan fingerprint density at radius 1 is 1.20 bits per heavy atom. The first-order chi connectivity index (χ1) is 16.9. The molecule has 2 aromatic heterocycles. The maximum absolute atomic E-state index is 13.3. The first-order valence-electron chi connectivity index (χ1n) is 11.9. The molecule has 0 radical (unpaired) electrons. The van der Waals surface area contributed by atoms with Gasteiger partial charge < -0.3 is 19.3 Å². The van der Waals surface area contributed by atoms with Gasteiger partial charge in [0.05, 0.1) is 17.7 Å². The maximum atomic E-state index is 13.3. The number of ether oxygens (including phenoxy) is 1. The van der Waals surface area contributed by atoms with Crippen molar-refractivity contribution in [3.05, 3.63) is 62.8 Å². The highest BCUT2D eigenvalue weighted by molar-refractivity contribution is 7.14. The monoisotopic (exact) mass is 498 g/mol. The zero-order valence-electron chi connectivity index (χ0n) is 19.6. The highest BCUT2D eigenvalue weighted by atomic mass is 32.1. The highest BCUT2D eigenvalue weighted by Gasteiger charge is 2.43. The SMILES string of the molecule is CCO[C@H](CC)[C@H]1CN(C2CC2)C(=O)c2c(O)c(=O)c(-c3nnc(Cc4ccc(F)cc4)s3)cn21. The number of carbonyl (C=O) groups is 1. The molecule has 1 aliphatic heterocycles. The summed E-state index contributed by atoms with van der Waals surface area (Å²) in [6.45, 7) is 4.93. The Bertz CT molecular complexity index is 1300. The number of pyridine rings is 1. The van der Waals surface area contributed by atoms with E-state index in [1.54, 1.807) is 27.8 Å². The summed E-state index contributed by atoms with van der Waals surface area (Å²) in [4.78, 5) is 28.2. The van der Waals surface area contributed by atoms with E-state index >= 15 is 0 Å². The lowest BCUT2D eigenvalue weighted by Crippen LogP contribution is -2.49. The number of hydrogen-bond donors (Lipinski definition) is 1. The zero-order chi connectivity index (χ0) is 24.7. The lowest BCUT2D eigenvalue weighted by Gasteiger charge is -2.39. The smallest absolute Gasteiger partial charge is 0.274 e. The van der Waals surface area contributed by atoms with E-state index in [1.165, 1.54) is 23.5 Å². The van der Waals surface area contributed by atoms with Crippen LogP contribution < -0.4 is 5.43 Å². The van der Waals surface area contributed by atoms with Gasteiger partial charge in [0.2, 0.25) is 5.43 Å². The third-order valence-corrected chi connectivity index (χ3v) is 7.54. The normalized spacial score (nSPS) is 18.5. The highest BCUT2D eigenvalue weighted by Crippen LogP contribution is 2.38. The molecule has 1 aromatic carbocycles. The molecule has 10 heteroatoms. The van der Waals surface area contributed by atoms with Crippen LogP contribution in [0.2, 0.25) is 0 Å². The number of halogens is 1. The van der Waals surface area contributed by atoms with Gasteiger partial charge in [0.25, 0.3) is 5.91 Å². The van der Waals surface area contributed by atoms with Crippen molar-refractivity contribution in [1.82, 2.24) is 19.7 Å². The molecule has 2 aliphatic rings. The average Bonchev–Trinajstić information content (AvgIpc) is 3.59. The zero-order valence-corrected chi connectivity index (χ0v) is 20.4. The summed E-state index contributed by atoms with van der Waals surface area (Å²) in [6, 6.07) is 6.02. The standard InChI is InChI=1S/C25H27FN4O4S/c1-3-19(34-4-2)18-13-29(16-9-10-16)25(33)21-23(32)22(31)17(12-30(18)21)24-28-27-20(35-24)11-14-5-7-15(26)8-6-14/h5-8,12,16,18-19,32H,3-4,9-11,13H2,1-2H3/t18-,19-/m1/s1. The van der Waals surface area contributed by atoms with E-state index in [2.05, 4.69) is 10.2 Å². The quantitative estimate of drug-likeness (QED) is 0.508. The second-order valence-electron chi connectivity index (χ2n) is 8.94. The van der Waals surface area contributed by atoms with E-state index in [9.17, 15) is 19.1 Å². The van der Waals surface area contributed by atoms with Gasteiger partial charge in [0.15, 0.2) is 16.5 Å². The number of aromatic nitrogens is 3. The van der Waals surface area contributed by atoms with Crippen molar-refractivity contribution in [2.24, 2.45) is 0 Å². The molecule has 0 saturated heterocycles. The van der Waals surface area contributed by atoms with Crippen LogP contribution in [0, 0.1) is 5.82 Å². The maximum Gasteiger partial charge on any atom is 0.274 e. The van der Waals surface area contributed by atoms with Crippen molar-refractivity contribution >= 4 is 17.2 Å². The second kappa shape index (κ2) is 9.50. The van der Waals surface area contributed by atoms with Crippen molar-refractivity contribution in [2.45, 2.75) is 57.7 Å². The lowest BCUT2D eigenvalue weighted by molar-refractivity contribution is 0.00118. The molecular formula is C25H27FN4O4S. The van der Waals surface area contributed by atoms with Crippen LogP contribution in [0.4, 0.5) is 4.39 Å². The van der Waals surface area contributed by atoms with Crippen LogP contribution >= 0.6 is 11.3 Å². The number of aromatic hydroxyl groups is 1. The van der Waals surface area contributed by atoms with E-state index in [1.807, 2.05) is 13.8 Å². The van der Waals surface area contributed by atoms with Gasteiger partial charge in [-0.3, -0.25) is 9.59 Å². The summed E-state index contributed by atoms with van der Waals surface area (Å²) in [5.41, 5.74) is 0.427. The minimum absolute atomic E-state index is 0.0103. The fraction of sp³-hybridized carbons (Fsp3) is 0.440. The molecular weight excluding hydrogens is 471 g/mol. The molecule has 3 aromatic rings. The van der Waals surface area contributed by atoms with Crippen LogP contribution in [0.5, 0.6) is 5.75 Å². The molecule has 1 saturated carbocycles. The van der Waals surface area contributed by atoms with E-state index < -0.39 is 11.2 Å². The van der Waals surface area contributed by atoms with Crippen LogP contribution in [0.15, 0.2) is 35.3 Å². The van der Waals surface area contributed by atoms with Crippen molar-refractivity contribution in [3.63, 3.8) is 0 Å². The van der Waals surface area contributed by atoms with Crippen molar-refractivity contribution < 1.29 is 19.0 Å². The lowest BCUT2D eigenvalue weighted by atomic mass is 10.0. The predicted octanol–water partition coefficient (Wildman–Crippen LogP) is 3.78. The van der Waals surface area contributed by atoms with Crippen molar-refractivity contribution in [1.29, 1.82) is 0 Å². The first-order valence-corrected chi connectivity index (χ1v) is 12.7. The molecule has 35 heavy (non-hydrogen) atoms. The average molecular weight is 499 g/mol. The van der Waals surface area contributed by atoms with Gasteiger partial charge in [0, 0.05) is 31.8 Å². The van der Waals surface area contributed by atoms with Crippen molar-refractivity contribution in [3.8, 4) is 16.3 Å². The number of benzene rings is 1. The summed E-state index contributed by atoms with van der Waals surface area (Å²) in [5, 5.41) is 20.3. The molecule has 0 spiro atoms. The molecule has 1 N–H and O–H groups in total. The van der Waals surface area contributed by atoms with E-state index in [0.29, 0.717) is 36.0 Å². The van der Waals surface area contributed by atoms with Crippen LogP contribution in [-0.2, 0) is 11.2 Å². The molecule has 5 rings (SSSR count). The van der Waals surface area contributed by atoms with Gasteiger partial charge >= 0.3 is 0 Å². The summed E-state index contributed by atoms with van der Waals surface area (Å²) in [5.74, 6) is -1.21. The Labute approximate surface area is 206 Å². The van der Waals surface area contributed by atoms with Gasteiger partial charge in [-0.2, -0.15) is 0 Å². The van der Waals surface area contributed by atoms with Crippen LogP contribution in [0.25, 0.3) is 10.6 Å². The third kappa shape index (κ3) is 4.48. The van der Waals surface area contributed by atoms with E-state index in [0.717, 1.165) is 18.4 Å². The molecule has 0 bridgehead atoms. The molecule has 3 heterocycles. The Morgan fingerprint density at radius 3 is 2.60 bits per heavy atom. The largest absolute Gasteiger partial charge is 0.503 e. The Balaban J connectivity index is 1.55. The van der Waals surface area contributed by atoms with Crippen LogP contribution in [-0.4, -0.2) is 56.0 Å². The summed E-state index contributed by atoms with van der Waals surface area (Å²) in [6.07, 6.45) is 4.44. The topological polar surface area (TPSA) is 97.6 Å². The summed E-state index contributed by atoms with van der Waals surface area (Å²) >= 11 is 1.23. The van der Waals surface area contributed by atoms with Gasteiger partial charge in [-0.05, 0) is 43.9 Å². The molecule has 1 aliphatic carbocycles. The second-order valence-corrected chi connectivity index (χ2v) is 10.0. The fourth-order valence-corrected chi connectivity index (χ4v) is 5.56. The van der Waals surface area contributed by atoms with Crippen molar-refractivity contribution in [2.75, 3.05) is 13.2 Å². The minimum atomic E-state index is -0.644. The number of carbonyl (C=O) groups excluding carboxylic acids is 1. The number of nitrogens with zero attached hydrogens (tertiary/aromatic N) is 4.